The van der Waals surface area contributed by atoms with Crippen LogP contribution in [0.15, 0.2) is 11.6 Å². The van der Waals surface area contributed by atoms with E-state index in [1.165, 1.54) is 0 Å². The number of allylic oxidation sites excluding steroid dienone is 1. The van der Waals surface area contributed by atoms with E-state index in [0.717, 1.165) is 18.4 Å². The summed E-state index contributed by atoms with van der Waals surface area (Å²) in [5, 5.41) is 24.2. The van der Waals surface area contributed by atoms with Crippen molar-refractivity contribution in [3.63, 3.8) is 0 Å². The molecule has 8 nitrogen and oxygen atoms in total. The lowest BCUT2D eigenvalue weighted by Gasteiger charge is -2.41. The molecule has 4 N–H and O–H groups in total. The number of aliphatic hydroxyl groups is 3. The van der Waals surface area contributed by atoms with Gasteiger partial charge in [-0.15, -0.1) is 0 Å². The van der Waals surface area contributed by atoms with Crippen molar-refractivity contribution in [3.05, 3.63) is 11.6 Å². The molecule has 1 saturated carbocycles. The zero-order valence-corrected chi connectivity index (χ0v) is 12.8. The molecule has 2 aliphatic carbocycles. The van der Waals surface area contributed by atoms with Crippen LogP contribution >= 0.6 is 0 Å². The molecule has 2 aliphatic rings. The van der Waals surface area contributed by atoms with Gasteiger partial charge in [0.15, 0.2) is 6.61 Å². The molecule has 0 spiro atoms. The van der Waals surface area contributed by atoms with Gasteiger partial charge in [-0.3, -0.25) is 9.35 Å². The minimum atomic E-state index is -5.18. The Morgan fingerprint density at radius 1 is 1.45 bits per heavy atom. The number of aliphatic hydroxyl groups excluding tert-OH is 1. The molecule has 9 heteroatoms. The van der Waals surface area contributed by atoms with Gasteiger partial charge in [0.1, 0.15) is 0 Å². The molecule has 2 atom stereocenters. The van der Waals surface area contributed by atoms with Crippen LogP contribution in [0.4, 0.5) is 0 Å². The smallest absolute Gasteiger partial charge is 0.330 e. The normalized spacial score (nSPS) is 28.9. The van der Waals surface area contributed by atoms with Crippen LogP contribution in [0.3, 0.4) is 0 Å². The fraction of sp³-hybridized carbons (Fsp3) is 0.769. The minimum absolute atomic E-state index is 0.104. The summed E-state index contributed by atoms with van der Waals surface area (Å²) in [6.07, 6.45) is 4.89. The number of hydrogen-bond acceptors (Lipinski definition) is 7. The van der Waals surface area contributed by atoms with Crippen LogP contribution in [-0.2, 0) is 19.6 Å². The van der Waals surface area contributed by atoms with E-state index >= 15 is 0 Å². The van der Waals surface area contributed by atoms with Crippen molar-refractivity contribution in [2.45, 2.75) is 37.2 Å². The van der Waals surface area contributed by atoms with Gasteiger partial charge in [0, 0.05) is 12.5 Å². The van der Waals surface area contributed by atoms with Crippen LogP contribution in [0.5, 0.6) is 0 Å². The van der Waals surface area contributed by atoms with Gasteiger partial charge in [0.25, 0.3) is 0 Å². The first-order valence-electron chi connectivity index (χ1n) is 6.99. The van der Waals surface area contributed by atoms with Crippen LogP contribution < -0.4 is 0 Å². The molecule has 2 unspecified atom stereocenters. The summed E-state index contributed by atoms with van der Waals surface area (Å²) in [6.45, 7) is -1.37. The Labute approximate surface area is 128 Å². The summed E-state index contributed by atoms with van der Waals surface area (Å²) in [5.74, 6) is -0.918. The minimum Gasteiger partial charge on any atom is -0.458 e. The van der Waals surface area contributed by atoms with Crippen molar-refractivity contribution < 1.29 is 37.8 Å². The topological polar surface area (TPSA) is 141 Å². The van der Waals surface area contributed by atoms with Gasteiger partial charge in [0.05, 0.1) is 5.41 Å². The summed E-state index contributed by atoms with van der Waals surface area (Å²) in [6, 6.07) is 0. The molecule has 22 heavy (non-hydrogen) atoms. The second-order valence-electron chi connectivity index (χ2n) is 6.08. The number of ether oxygens (including phenoxy) is 1. The summed E-state index contributed by atoms with van der Waals surface area (Å²) < 4.78 is 35.0. The average Bonchev–Trinajstić information content (AvgIpc) is 2.43. The predicted molar refractivity (Wildman–Crippen MR) is 73.9 cm³/mol. The van der Waals surface area contributed by atoms with Crippen LogP contribution in [0, 0.1) is 11.3 Å². The number of fused-ring (bicyclic) bond motifs is 2. The molecule has 0 aromatic heterocycles. The van der Waals surface area contributed by atoms with Crippen molar-refractivity contribution in [2.24, 2.45) is 11.3 Å². The lowest BCUT2D eigenvalue weighted by molar-refractivity contribution is -0.179. The molecule has 2 bridgehead atoms. The maximum absolute atomic E-state index is 12.3. The highest BCUT2D eigenvalue weighted by Gasteiger charge is 2.48. The first-order chi connectivity index (χ1) is 10.1. The van der Waals surface area contributed by atoms with Gasteiger partial charge >= 0.3 is 21.2 Å². The Morgan fingerprint density at radius 2 is 2.14 bits per heavy atom. The quantitative estimate of drug-likeness (QED) is 0.229. The average molecular weight is 336 g/mol. The van der Waals surface area contributed by atoms with Crippen LogP contribution in [-0.4, -0.2) is 52.6 Å². The van der Waals surface area contributed by atoms with Gasteiger partial charge in [-0.05, 0) is 32.1 Å². The molecule has 0 saturated heterocycles. The molecule has 1 fully saturated rings. The Kier molecular flexibility index (Phi) is 4.65. The van der Waals surface area contributed by atoms with Crippen molar-refractivity contribution in [3.8, 4) is 0 Å². The summed E-state index contributed by atoms with van der Waals surface area (Å²) in [5.41, 5.74) is 0.160. The summed E-state index contributed by atoms with van der Waals surface area (Å²) in [7, 11) is -5.18. The van der Waals surface area contributed by atoms with E-state index in [4.69, 9.17) is 9.29 Å². The third-order valence-corrected chi connectivity index (χ3v) is 5.26. The van der Waals surface area contributed by atoms with E-state index in [-0.39, 0.29) is 12.5 Å². The highest BCUT2D eigenvalue weighted by molar-refractivity contribution is 7.86. The van der Waals surface area contributed by atoms with E-state index in [9.17, 15) is 28.5 Å². The largest absolute Gasteiger partial charge is 0.458 e. The summed E-state index contributed by atoms with van der Waals surface area (Å²) >= 11 is 0. The molecule has 126 valence electrons. The van der Waals surface area contributed by atoms with E-state index in [2.05, 4.69) is 0 Å². The van der Waals surface area contributed by atoms with Crippen molar-refractivity contribution in [2.75, 3.05) is 13.2 Å². The lowest BCUT2D eigenvalue weighted by atomic mass is 9.63. The number of esters is 1. The monoisotopic (exact) mass is 336 g/mol. The van der Waals surface area contributed by atoms with Crippen LogP contribution in [0.1, 0.15) is 32.1 Å². The van der Waals surface area contributed by atoms with E-state index < -0.39 is 33.2 Å². The van der Waals surface area contributed by atoms with Crippen molar-refractivity contribution in [1.82, 2.24) is 0 Å². The molecule has 0 amide bonds. The molecular formula is C13H20O8S. The zero-order valence-electron chi connectivity index (χ0n) is 11.9. The molecular weight excluding hydrogens is 316 g/mol. The van der Waals surface area contributed by atoms with Gasteiger partial charge in [-0.2, -0.15) is 8.42 Å². The van der Waals surface area contributed by atoms with E-state index in [1.807, 2.05) is 6.08 Å². The third kappa shape index (κ3) is 3.33. The molecule has 0 heterocycles. The highest BCUT2D eigenvalue weighted by atomic mass is 32.2. The fourth-order valence-electron chi connectivity index (χ4n) is 3.24. The number of carbonyl (C=O) groups excluding carboxylic acids is 1. The summed E-state index contributed by atoms with van der Waals surface area (Å²) in [4.78, 5) is 12.3. The molecule has 0 aromatic carbocycles. The van der Waals surface area contributed by atoms with Gasteiger partial charge in [-0.1, -0.05) is 11.6 Å². The second kappa shape index (κ2) is 5.89. The first-order valence-corrected chi connectivity index (χ1v) is 8.43. The maximum atomic E-state index is 12.3. The van der Waals surface area contributed by atoms with Gasteiger partial charge < -0.3 is 20.1 Å². The maximum Gasteiger partial charge on any atom is 0.330 e. The Balaban J connectivity index is 2.10. The van der Waals surface area contributed by atoms with E-state index in [1.54, 1.807) is 0 Å². The Hall–Kier alpha value is -1.00. The van der Waals surface area contributed by atoms with Crippen molar-refractivity contribution in [1.29, 1.82) is 0 Å². The number of rotatable bonds is 5. The number of carbonyl (C=O) groups is 1. The van der Waals surface area contributed by atoms with Crippen LogP contribution in [0.25, 0.3) is 0 Å². The Morgan fingerprint density at radius 3 is 2.73 bits per heavy atom. The molecule has 0 aromatic rings. The molecule has 0 aliphatic heterocycles. The predicted octanol–water partition coefficient (Wildman–Crippen LogP) is -0.445. The highest BCUT2D eigenvalue weighted by Crippen LogP contribution is 2.48. The standard InChI is InChI=1S/C13H20O8S/c14-7-10-4-9-2-1-3-12(5-9,6-10)11(15)21-8-13(16,17)22(18,19)20/h4,10,14,16-17H,1-3,5-8H2,(H,18,19,20). The molecule has 2 rings (SSSR count). The van der Waals surface area contributed by atoms with Gasteiger partial charge in [0.2, 0.25) is 0 Å². The van der Waals surface area contributed by atoms with Gasteiger partial charge in [-0.25, -0.2) is 0 Å². The van der Waals surface area contributed by atoms with Crippen molar-refractivity contribution >= 4 is 16.1 Å². The fourth-order valence-corrected chi connectivity index (χ4v) is 3.45. The SMILES string of the molecule is O=C(OCC(O)(O)S(=O)(=O)O)C12CCCC(=CC(CO)C1)C2. The first kappa shape index (κ1) is 17.4. The van der Waals surface area contributed by atoms with Crippen LogP contribution in [0.2, 0.25) is 0 Å². The Bertz CT molecular complexity index is 579. The third-order valence-electron chi connectivity index (χ3n) is 4.31. The lowest BCUT2D eigenvalue weighted by Crippen LogP contribution is -2.46. The zero-order chi connectivity index (χ0) is 16.6. The number of hydrogen-bond donors (Lipinski definition) is 4. The second-order valence-corrected chi connectivity index (χ2v) is 7.68. The molecule has 0 radical (unpaired) electrons. The van der Waals surface area contributed by atoms with E-state index in [0.29, 0.717) is 19.3 Å².